The molecule has 0 bridgehead atoms. The smallest absolute Gasteiger partial charge is 0.262 e. The van der Waals surface area contributed by atoms with Gasteiger partial charge >= 0.3 is 0 Å². The lowest BCUT2D eigenvalue weighted by Crippen LogP contribution is -2.14. The van der Waals surface area contributed by atoms with E-state index in [0.717, 1.165) is 24.4 Å². The van der Waals surface area contributed by atoms with Gasteiger partial charge in [-0.1, -0.05) is 23.2 Å². The van der Waals surface area contributed by atoms with Gasteiger partial charge in [0.2, 0.25) is 0 Å². The minimum atomic E-state index is -4.07. The molecule has 0 aliphatic carbocycles. The summed E-state index contributed by atoms with van der Waals surface area (Å²) in [5, 5.41) is 10.3. The maximum Gasteiger partial charge on any atom is 0.271 e. The van der Waals surface area contributed by atoms with Crippen molar-refractivity contribution in [3.63, 3.8) is 0 Å². The normalized spacial score (nSPS) is 11.1. The molecule has 110 valence electrons. The van der Waals surface area contributed by atoms with Gasteiger partial charge in [-0.25, -0.2) is 13.4 Å². The summed E-state index contributed by atoms with van der Waals surface area (Å²) >= 11 is 11.4. The van der Waals surface area contributed by atoms with Crippen LogP contribution < -0.4 is 4.72 Å². The number of non-ortho nitro benzene ring substituents is 1. The van der Waals surface area contributed by atoms with Crippen LogP contribution in [0.2, 0.25) is 10.2 Å². The highest BCUT2D eigenvalue weighted by molar-refractivity contribution is 7.92. The molecule has 11 heteroatoms. The largest absolute Gasteiger partial charge is 0.271 e. The monoisotopic (exact) mass is 348 g/mol. The number of rotatable bonds is 4. The van der Waals surface area contributed by atoms with Crippen LogP contribution in [0.25, 0.3) is 0 Å². The molecule has 2 rings (SSSR count). The van der Waals surface area contributed by atoms with Gasteiger partial charge in [0, 0.05) is 12.1 Å². The molecular formula is C10H6Cl2N4O4S. The number of benzene rings is 1. The number of anilines is 1. The van der Waals surface area contributed by atoms with Crippen LogP contribution >= 0.6 is 23.2 Å². The molecule has 0 unspecified atom stereocenters. The van der Waals surface area contributed by atoms with Crippen molar-refractivity contribution < 1.29 is 13.3 Å². The molecule has 0 atom stereocenters. The van der Waals surface area contributed by atoms with E-state index in [1.54, 1.807) is 0 Å². The number of sulfonamides is 1. The molecular weight excluding hydrogens is 343 g/mol. The molecule has 21 heavy (non-hydrogen) atoms. The topological polar surface area (TPSA) is 115 Å². The van der Waals surface area contributed by atoms with Crippen molar-refractivity contribution in [3.05, 3.63) is 50.9 Å². The molecule has 8 nitrogen and oxygen atoms in total. The van der Waals surface area contributed by atoms with Crippen LogP contribution in [-0.2, 0) is 10.0 Å². The van der Waals surface area contributed by atoms with E-state index >= 15 is 0 Å². The summed E-state index contributed by atoms with van der Waals surface area (Å²) in [5.74, 6) is -0.100. The molecule has 2 aromatic rings. The number of nitrogens with one attached hydrogen (secondary N) is 1. The number of nitro benzene ring substituents is 1. The summed E-state index contributed by atoms with van der Waals surface area (Å²) in [6.07, 6.45) is 2.39. The molecule has 0 fully saturated rings. The third-order valence-corrected chi connectivity index (χ3v) is 4.28. The van der Waals surface area contributed by atoms with E-state index in [2.05, 4.69) is 14.7 Å². The predicted molar refractivity (Wildman–Crippen MR) is 76.0 cm³/mol. The van der Waals surface area contributed by atoms with Crippen LogP contribution in [0.3, 0.4) is 0 Å². The van der Waals surface area contributed by atoms with Gasteiger partial charge in [-0.2, -0.15) is 0 Å². The van der Waals surface area contributed by atoms with Crippen LogP contribution in [0.15, 0.2) is 35.5 Å². The molecule has 0 spiro atoms. The molecule has 1 aromatic carbocycles. The Hall–Kier alpha value is -1.97. The van der Waals surface area contributed by atoms with Gasteiger partial charge in [0.1, 0.15) is 10.0 Å². The second-order valence-corrected chi connectivity index (χ2v) is 6.15. The highest BCUT2D eigenvalue weighted by Crippen LogP contribution is 2.27. The molecule has 0 saturated heterocycles. The molecule has 1 N–H and O–H groups in total. The number of halogens is 2. The van der Waals surface area contributed by atoms with Crippen molar-refractivity contribution in [3.8, 4) is 0 Å². The zero-order valence-electron chi connectivity index (χ0n) is 10.0. The van der Waals surface area contributed by atoms with Crippen LogP contribution in [0, 0.1) is 10.1 Å². The Morgan fingerprint density at radius 2 is 1.95 bits per heavy atom. The van der Waals surface area contributed by atoms with E-state index in [1.165, 1.54) is 6.20 Å². The van der Waals surface area contributed by atoms with E-state index in [1.807, 2.05) is 0 Å². The Morgan fingerprint density at radius 3 is 2.52 bits per heavy atom. The van der Waals surface area contributed by atoms with Crippen molar-refractivity contribution in [1.82, 2.24) is 9.97 Å². The SMILES string of the molecule is O=[N+]([O-])c1ccc(S(=O)(=O)Nc2cncc(Cl)n2)c(Cl)c1. The molecule has 1 heterocycles. The Kier molecular flexibility index (Phi) is 4.26. The zero-order valence-corrected chi connectivity index (χ0v) is 12.4. The van der Waals surface area contributed by atoms with Crippen LogP contribution in [0.1, 0.15) is 0 Å². The summed E-state index contributed by atoms with van der Waals surface area (Å²) in [6.45, 7) is 0. The Labute approximate surface area is 128 Å². The van der Waals surface area contributed by atoms with E-state index in [9.17, 15) is 18.5 Å². The first-order chi connectivity index (χ1) is 9.79. The van der Waals surface area contributed by atoms with Gasteiger partial charge in [-0.3, -0.25) is 19.8 Å². The number of hydrogen-bond acceptors (Lipinski definition) is 6. The van der Waals surface area contributed by atoms with Gasteiger partial charge in [-0.15, -0.1) is 0 Å². The Balaban J connectivity index is 2.38. The lowest BCUT2D eigenvalue weighted by atomic mass is 10.3. The Bertz CT molecular complexity index is 812. The van der Waals surface area contributed by atoms with Crippen LogP contribution in [-0.4, -0.2) is 23.3 Å². The summed E-state index contributed by atoms with van der Waals surface area (Å²) in [5.41, 5.74) is -0.318. The average molecular weight is 349 g/mol. The first kappa shape index (κ1) is 15.4. The summed E-state index contributed by atoms with van der Waals surface area (Å²) in [7, 11) is -4.07. The molecule has 0 aliphatic heterocycles. The highest BCUT2D eigenvalue weighted by atomic mass is 35.5. The lowest BCUT2D eigenvalue weighted by Gasteiger charge is -2.08. The number of hydrogen-bond donors (Lipinski definition) is 1. The van der Waals surface area contributed by atoms with Crippen molar-refractivity contribution in [2.24, 2.45) is 0 Å². The van der Waals surface area contributed by atoms with Crippen LogP contribution in [0.4, 0.5) is 11.5 Å². The quantitative estimate of drug-likeness (QED) is 0.670. The predicted octanol–water partition coefficient (Wildman–Crippen LogP) is 2.49. The number of nitro groups is 1. The van der Waals surface area contributed by atoms with Crippen molar-refractivity contribution in [2.45, 2.75) is 4.90 Å². The van der Waals surface area contributed by atoms with Crippen molar-refractivity contribution in [2.75, 3.05) is 4.72 Å². The molecule has 1 aromatic heterocycles. The fourth-order valence-corrected chi connectivity index (χ4v) is 3.08. The van der Waals surface area contributed by atoms with Gasteiger partial charge in [0.05, 0.1) is 22.3 Å². The second kappa shape index (κ2) is 5.80. The summed E-state index contributed by atoms with van der Waals surface area (Å²) in [4.78, 5) is 17.0. The van der Waals surface area contributed by atoms with Gasteiger partial charge in [0.15, 0.2) is 5.82 Å². The molecule has 0 radical (unpaired) electrons. The third kappa shape index (κ3) is 3.57. The fourth-order valence-electron chi connectivity index (χ4n) is 1.41. The Morgan fingerprint density at radius 1 is 1.24 bits per heavy atom. The van der Waals surface area contributed by atoms with E-state index in [0.29, 0.717) is 0 Å². The van der Waals surface area contributed by atoms with Gasteiger partial charge < -0.3 is 0 Å². The van der Waals surface area contributed by atoms with Gasteiger partial charge in [-0.05, 0) is 6.07 Å². The van der Waals surface area contributed by atoms with Crippen LogP contribution in [0.5, 0.6) is 0 Å². The fraction of sp³-hybridized carbons (Fsp3) is 0. The molecule has 0 saturated carbocycles. The lowest BCUT2D eigenvalue weighted by molar-refractivity contribution is -0.384. The third-order valence-electron chi connectivity index (χ3n) is 2.26. The number of nitrogens with zero attached hydrogens (tertiary/aromatic N) is 3. The highest BCUT2D eigenvalue weighted by Gasteiger charge is 2.21. The summed E-state index contributed by atoms with van der Waals surface area (Å²) < 4.78 is 26.4. The van der Waals surface area contributed by atoms with E-state index in [-0.39, 0.29) is 26.6 Å². The van der Waals surface area contributed by atoms with Crippen molar-refractivity contribution >= 4 is 44.7 Å². The first-order valence-electron chi connectivity index (χ1n) is 5.24. The molecule has 0 amide bonds. The maximum absolute atomic E-state index is 12.1. The minimum absolute atomic E-state index is 0.00463. The molecule has 0 aliphatic rings. The maximum atomic E-state index is 12.1. The van der Waals surface area contributed by atoms with E-state index in [4.69, 9.17) is 23.2 Å². The number of aromatic nitrogens is 2. The summed E-state index contributed by atoms with van der Waals surface area (Å²) in [6, 6.07) is 3.00. The van der Waals surface area contributed by atoms with Crippen molar-refractivity contribution in [1.29, 1.82) is 0 Å². The first-order valence-corrected chi connectivity index (χ1v) is 7.48. The van der Waals surface area contributed by atoms with Gasteiger partial charge in [0.25, 0.3) is 15.7 Å². The second-order valence-electron chi connectivity index (χ2n) is 3.70. The minimum Gasteiger partial charge on any atom is -0.262 e. The zero-order chi connectivity index (χ0) is 15.6. The average Bonchev–Trinajstić information content (AvgIpc) is 2.37. The standard InChI is InChI=1S/C10H6Cl2N4O4S/c11-7-3-6(16(17)18)1-2-8(7)21(19,20)15-10-5-13-4-9(12)14-10/h1-5H,(H,14,15). The van der Waals surface area contributed by atoms with E-state index < -0.39 is 14.9 Å².